The van der Waals surface area contributed by atoms with Crippen LogP contribution in [0.4, 0.5) is 5.13 Å². The van der Waals surface area contributed by atoms with Crippen LogP contribution in [-0.2, 0) is 16.4 Å². The third-order valence-electron chi connectivity index (χ3n) is 4.54. The van der Waals surface area contributed by atoms with Crippen LogP contribution in [0.2, 0.25) is 0 Å². The lowest BCUT2D eigenvalue weighted by molar-refractivity contribution is 0.408. The zero-order chi connectivity index (χ0) is 21.7. The second kappa shape index (κ2) is 7.11. The number of sulfonamides is 1. The molecule has 4 aromatic rings. The molecule has 0 saturated heterocycles. The number of nitrogens with one attached hydrogen (secondary N) is 1. The van der Waals surface area contributed by atoms with Gasteiger partial charge in [0.05, 0.1) is 20.7 Å². The summed E-state index contributed by atoms with van der Waals surface area (Å²) in [4.78, 5) is 4.43. The average Bonchev–Trinajstić information content (AvgIpc) is 3.27. The van der Waals surface area contributed by atoms with Crippen LogP contribution in [0.25, 0.3) is 32.7 Å². The highest BCUT2D eigenvalue weighted by atomic mass is 32.2. The second-order valence-electron chi connectivity index (χ2n) is 8.20. The second-order valence-corrected chi connectivity index (χ2v) is 10.8. The van der Waals surface area contributed by atoms with E-state index in [9.17, 15) is 8.42 Å². The van der Waals surface area contributed by atoms with Gasteiger partial charge in [-0.15, -0.1) is 10.2 Å². The smallest absolute Gasteiger partial charge is 0.239 e. The van der Waals surface area contributed by atoms with Crippen molar-refractivity contribution in [3.05, 3.63) is 35.9 Å². The van der Waals surface area contributed by atoms with E-state index in [-0.39, 0.29) is 16.1 Å². The molecule has 0 aliphatic carbocycles. The predicted octanol–water partition coefficient (Wildman–Crippen LogP) is 2.96. The van der Waals surface area contributed by atoms with Gasteiger partial charge in [0.25, 0.3) is 0 Å². The van der Waals surface area contributed by atoms with Gasteiger partial charge < -0.3 is 5.73 Å². The Morgan fingerprint density at radius 3 is 2.53 bits per heavy atom. The molecule has 0 radical (unpaired) electrons. The minimum Gasteiger partial charge on any atom is -0.375 e. The molecule has 0 amide bonds. The fourth-order valence-electron chi connectivity index (χ4n) is 3.56. The monoisotopic (exact) mass is 443 g/mol. The number of aromatic amines is 1. The summed E-state index contributed by atoms with van der Waals surface area (Å²) in [5.41, 5.74) is 8.62. The van der Waals surface area contributed by atoms with E-state index in [0.717, 1.165) is 4.70 Å². The number of primary sulfonamides is 1. The molecule has 0 aliphatic rings. The fraction of sp³-hybridized carbons (Fsp3) is 0.263. The quantitative estimate of drug-likeness (QED) is 0.438. The van der Waals surface area contributed by atoms with Gasteiger partial charge in [0.2, 0.25) is 15.8 Å². The van der Waals surface area contributed by atoms with Gasteiger partial charge in [-0.3, -0.25) is 0 Å². The molecule has 156 valence electrons. The van der Waals surface area contributed by atoms with Crippen molar-refractivity contribution >= 4 is 36.7 Å². The molecule has 9 nitrogen and oxygen atoms in total. The van der Waals surface area contributed by atoms with Crippen molar-refractivity contribution in [1.29, 1.82) is 0 Å². The van der Waals surface area contributed by atoms with Gasteiger partial charge in [0, 0.05) is 5.56 Å². The number of nitrogens with zero attached hydrogens (tertiary/aromatic N) is 4. The van der Waals surface area contributed by atoms with Gasteiger partial charge >= 0.3 is 0 Å². The fourth-order valence-corrected chi connectivity index (χ4v) is 5.31. The van der Waals surface area contributed by atoms with Crippen LogP contribution < -0.4 is 10.9 Å². The lowest BCUT2D eigenvalue weighted by Crippen LogP contribution is -2.20. The van der Waals surface area contributed by atoms with E-state index in [4.69, 9.17) is 10.9 Å². The number of aromatic nitrogens is 5. The highest BCUT2D eigenvalue weighted by molar-refractivity contribution is 7.89. The Labute approximate surface area is 177 Å². The van der Waals surface area contributed by atoms with E-state index in [1.807, 2.05) is 45.0 Å². The molecule has 2 aromatic heterocycles. The number of nitrogen functional groups attached to an aromatic ring is 1. The van der Waals surface area contributed by atoms with Crippen LogP contribution in [0.1, 0.15) is 26.3 Å². The summed E-state index contributed by atoms with van der Waals surface area (Å²) in [6.07, 6.45) is 0.498. The molecular formula is C19H21N7O2S2. The number of para-hydroxylation sites is 1. The number of nitrogens with two attached hydrogens (primary N) is 2. The number of H-pyrrole nitrogens is 1. The first-order valence-corrected chi connectivity index (χ1v) is 11.5. The molecule has 2 aromatic carbocycles. The largest absolute Gasteiger partial charge is 0.375 e. The van der Waals surface area contributed by atoms with Crippen LogP contribution in [0.15, 0.2) is 35.2 Å². The minimum atomic E-state index is -4.11. The summed E-state index contributed by atoms with van der Waals surface area (Å²) >= 11 is 1.36. The lowest BCUT2D eigenvalue weighted by Gasteiger charge is -2.22. The number of hydrogen-bond acceptors (Lipinski definition) is 8. The standard InChI is InChI=1S/C19H21N7O2S2/c1-19(2,3)9-10-7-8-11(12-5-4-6-13-15(12)22-18(20)29-13)14(16(10)30(21,27)28)17-23-25-26-24-17/h4-8H,9H2,1-3H3,(H2,20,22)(H2,21,27,28)(H,23,24,25,26). The molecule has 11 heteroatoms. The normalized spacial score (nSPS) is 12.5. The number of hydrogen-bond donors (Lipinski definition) is 3. The van der Waals surface area contributed by atoms with Crippen molar-refractivity contribution in [2.45, 2.75) is 32.1 Å². The minimum absolute atomic E-state index is 0.00321. The number of thiazole rings is 1. The van der Waals surface area contributed by atoms with E-state index in [1.165, 1.54) is 11.3 Å². The van der Waals surface area contributed by atoms with E-state index in [2.05, 4.69) is 25.6 Å². The van der Waals surface area contributed by atoms with Crippen molar-refractivity contribution in [2.75, 3.05) is 5.73 Å². The van der Waals surface area contributed by atoms with E-state index >= 15 is 0 Å². The zero-order valence-electron chi connectivity index (χ0n) is 16.7. The van der Waals surface area contributed by atoms with Crippen molar-refractivity contribution in [1.82, 2.24) is 25.6 Å². The van der Waals surface area contributed by atoms with Crippen LogP contribution >= 0.6 is 11.3 Å². The van der Waals surface area contributed by atoms with Gasteiger partial charge in [0.1, 0.15) is 0 Å². The summed E-state index contributed by atoms with van der Waals surface area (Å²) in [7, 11) is -4.11. The Morgan fingerprint density at radius 1 is 1.13 bits per heavy atom. The van der Waals surface area contributed by atoms with Crippen LogP contribution in [0.3, 0.4) is 0 Å². The van der Waals surface area contributed by atoms with Crippen molar-refractivity contribution in [2.24, 2.45) is 10.6 Å². The molecule has 2 heterocycles. The van der Waals surface area contributed by atoms with E-state index < -0.39 is 10.0 Å². The first-order valence-electron chi connectivity index (χ1n) is 9.12. The molecular weight excluding hydrogens is 422 g/mol. The third kappa shape index (κ3) is 3.78. The molecule has 0 atom stereocenters. The van der Waals surface area contributed by atoms with Crippen molar-refractivity contribution < 1.29 is 8.42 Å². The maximum atomic E-state index is 12.8. The summed E-state index contributed by atoms with van der Waals surface area (Å²) in [5, 5.41) is 20.3. The van der Waals surface area contributed by atoms with Gasteiger partial charge in [-0.1, -0.05) is 56.4 Å². The summed E-state index contributed by atoms with van der Waals surface area (Å²) in [5.74, 6) is 0.144. The number of anilines is 1. The highest BCUT2D eigenvalue weighted by Gasteiger charge is 2.29. The summed E-state index contributed by atoms with van der Waals surface area (Å²) in [6.45, 7) is 6.09. The predicted molar refractivity (Wildman–Crippen MR) is 117 cm³/mol. The molecule has 0 saturated carbocycles. The molecule has 30 heavy (non-hydrogen) atoms. The Bertz CT molecular complexity index is 1340. The van der Waals surface area contributed by atoms with Gasteiger partial charge in [-0.25, -0.2) is 18.5 Å². The van der Waals surface area contributed by atoms with E-state index in [0.29, 0.717) is 39.3 Å². The molecule has 0 spiro atoms. The molecule has 4 rings (SSSR count). The third-order valence-corrected chi connectivity index (χ3v) is 6.42. The molecule has 5 N–H and O–H groups in total. The number of fused-ring (bicyclic) bond motifs is 1. The van der Waals surface area contributed by atoms with Gasteiger partial charge in [-0.2, -0.15) is 5.21 Å². The van der Waals surface area contributed by atoms with Crippen LogP contribution in [0, 0.1) is 5.41 Å². The molecule has 0 bridgehead atoms. The first kappa shape index (κ1) is 20.4. The van der Waals surface area contributed by atoms with Crippen molar-refractivity contribution in [3.63, 3.8) is 0 Å². The maximum Gasteiger partial charge on any atom is 0.239 e. The maximum absolute atomic E-state index is 12.8. The zero-order valence-corrected chi connectivity index (χ0v) is 18.3. The number of benzene rings is 2. The number of tetrazole rings is 1. The lowest BCUT2D eigenvalue weighted by atomic mass is 9.86. The Balaban J connectivity index is 2.12. The van der Waals surface area contributed by atoms with Crippen LogP contribution in [0.5, 0.6) is 0 Å². The van der Waals surface area contributed by atoms with Crippen molar-refractivity contribution in [3.8, 4) is 22.5 Å². The van der Waals surface area contributed by atoms with Crippen LogP contribution in [-0.4, -0.2) is 34.0 Å². The van der Waals surface area contributed by atoms with E-state index in [1.54, 1.807) is 6.07 Å². The molecule has 0 aliphatic heterocycles. The molecule has 0 unspecified atom stereocenters. The topological polar surface area (TPSA) is 154 Å². The highest BCUT2D eigenvalue weighted by Crippen LogP contribution is 2.41. The Hall–Kier alpha value is -2.89. The summed E-state index contributed by atoms with van der Waals surface area (Å²) < 4.78 is 26.4. The van der Waals surface area contributed by atoms with Gasteiger partial charge in [0.15, 0.2) is 5.13 Å². The number of rotatable bonds is 4. The first-order chi connectivity index (χ1) is 14.0. The Kier molecular flexibility index (Phi) is 4.83. The average molecular weight is 444 g/mol. The molecule has 0 fully saturated rings. The van der Waals surface area contributed by atoms with Gasteiger partial charge in [-0.05, 0) is 34.2 Å². The SMILES string of the molecule is CC(C)(C)Cc1ccc(-c2cccc3sc(N)nc23)c(-c2nn[nH]n2)c1S(N)(=O)=O. The summed E-state index contributed by atoms with van der Waals surface area (Å²) in [6, 6.07) is 9.28. The Morgan fingerprint density at radius 2 is 1.90 bits per heavy atom.